The number of carbonyl (C=O) groups excluding carboxylic acids is 1. The summed E-state index contributed by atoms with van der Waals surface area (Å²) in [5.41, 5.74) is 2.27. The fourth-order valence-electron chi connectivity index (χ4n) is 2.32. The van der Waals surface area contributed by atoms with Gasteiger partial charge in [-0.05, 0) is 36.4 Å². The first-order chi connectivity index (χ1) is 12.6. The van der Waals surface area contributed by atoms with Crippen LogP contribution < -0.4 is 15.4 Å². The van der Waals surface area contributed by atoms with Crippen LogP contribution >= 0.6 is 23.2 Å². The minimum absolute atomic E-state index is 0.298. The summed E-state index contributed by atoms with van der Waals surface area (Å²) in [5.74, 6) is 0.281. The number of benzene rings is 2. The molecule has 7 heteroatoms. The number of ether oxygens (including phenoxy) is 1. The molecule has 0 saturated heterocycles. The molecule has 5 nitrogen and oxygen atoms in total. The third kappa shape index (κ3) is 4.25. The van der Waals surface area contributed by atoms with E-state index in [2.05, 4.69) is 15.6 Å². The summed E-state index contributed by atoms with van der Waals surface area (Å²) in [6, 6.07) is 14.0. The van der Waals surface area contributed by atoms with Crippen molar-refractivity contribution in [3.05, 3.63) is 76.5 Å². The second-order valence-electron chi connectivity index (χ2n) is 5.37. The molecule has 3 rings (SSSR count). The zero-order valence-corrected chi connectivity index (χ0v) is 15.3. The Morgan fingerprint density at radius 2 is 1.85 bits per heavy atom. The highest BCUT2D eigenvalue weighted by molar-refractivity contribution is 6.36. The molecule has 1 amide bonds. The lowest BCUT2D eigenvalue weighted by molar-refractivity contribution is 0.102. The standard InChI is InChI=1S/C19H15Cl2N3O2/c1-26-18-5-3-2-4-17(18)24-19(25)12-8-14(11-22-10-12)23-16-7-6-13(20)9-15(16)21/h2-11,23H,1H3,(H,24,25). The summed E-state index contributed by atoms with van der Waals surface area (Å²) >= 11 is 12.1. The van der Waals surface area contributed by atoms with Crippen LogP contribution in [0.2, 0.25) is 10.0 Å². The Balaban J connectivity index is 1.79. The Hall–Kier alpha value is -2.76. The summed E-state index contributed by atoms with van der Waals surface area (Å²) in [4.78, 5) is 16.6. The van der Waals surface area contributed by atoms with Crippen LogP contribution in [0.25, 0.3) is 0 Å². The number of rotatable bonds is 5. The van der Waals surface area contributed by atoms with Crippen molar-refractivity contribution in [1.29, 1.82) is 0 Å². The first-order valence-corrected chi connectivity index (χ1v) is 8.44. The molecule has 3 aromatic rings. The minimum atomic E-state index is -0.298. The largest absolute Gasteiger partial charge is 0.495 e. The second kappa shape index (κ2) is 8.08. The molecule has 0 saturated carbocycles. The fourth-order valence-corrected chi connectivity index (χ4v) is 2.78. The number of methoxy groups -OCH3 is 1. The Morgan fingerprint density at radius 1 is 1.04 bits per heavy atom. The highest BCUT2D eigenvalue weighted by Gasteiger charge is 2.11. The van der Waals surface area contributed by atoms with Gasteiger partial charge in [-0.2, -0.15) is 0 Å². The predicted octanol–water partition coefficient (Wildman–Crippen LogP) is 5.39. The number of carbonyl (C=O) groups is 1. The van der Waals surface area contributed by atoms with Gasteiger partial charge in [-0.25, -0.2) is 0 Å². The molecule has 0 radical (unpaired) electrons. The van der Waals surface area contributed by atoms with Gasteiger partial charge in [0.25, 0.3) is 5.91 Å². The fraction of sp³-hybridized carbons (Fsp3) is 0.0526. The Morgan fingerprint density at radius 3 is 2.62 bits per heavy atom. The smallest absolute Gasteiger partial charge is 0.257 e. The lowest BCUT2D eigenvalue weighted by Crippen LogP contribution is -2.13. The number of para-hydroxylation sites is 2. The van der Waals surface area contributed by atoms with E-state index < -0.39 is 0 Å². The lowest BCUT2D eigenvalue weighted by Gasteiger charge is -2.11. The van der Waals surface area contributed by atoms with Gasteiger partial charge < -0.3 is 15.4 Å². The van der Waals surface area contributed by atoms with Crippen LogP contribution in [-0.4, -0.2) is 18.0 Å². The van der Waals surface area contributed by atoms with E-state index in [1.807, 2.05) is 12.1 Å². The number of hydrogen-bond donors (Lipinski definition) is 2. The monoisotopic (exact) mass is 387 g/mol. The number of nitrogens with one attached hydrogen (secondary N) is 2. The molecule has 0 atom stereocenters. The third-order valence-electron chi connectivity index (χ3n) is 3.57. The average Bonchev–Trinajstić information content (AvgIpc) is 2.65. The highest BCUT2D eigenvalue weighted by atomic mass is 35.5. The van der Waals surface area contributed by atoms with Gasteiger partial charge >= 0.3 is 0 Å². The van der Waals surface area contributed by atoms with Gasteiger partial charge in [0.15, 0.2) is 0 Å². The first kappa shape index (κ1) is 18.0. The number of pyridine rings is 1. The molecule has 0 bridgehead atoms. The highest BCUT2D eigenvalue weighted by Crippen LogP contribution is 2.28. The van der Waals surface area contributed by atoms with Crippen LogP contribution in [0.4, 0.5) is 17.1 Å². The van der Waals surface area contributed by atoms with Gasteiger partial charge in [-0.1, -0.05) is 35.3 Å². The zero-order chi connectivity index (χ0) is 18.5. The zero-order valence-electron chi connectivity index (χ0n) is 13.8. The molecule has 0 aliphatic heterocycles. The number of halogens is 2. The number of nitrogens with zero attached hydrogens (tertiary/aromatic N) is 1. The van der Waals surface area contributed by atoms with Gasteiger partial charge in [-0.3, -0.25) is 9.78 Å². The topological polar surface area (TPSA) is 63.2 Å². The molecule has 0 spiro atoms. The van der Waals surface area contributed by atoms with Crippen molar-refractivity contribution in [1.82, 2.24) is 4.98 Å². The molecule has 2 N–H and O–H groups in total. The summed E-state index contributed by atoms with van der Waals surface area (Å²) in [7, 11) is 1.55. The first-order valence-electron chi connectivity index (χ1n) is 7.68. The van der Waals surface area contributed by atoms with Gasteiger partial charge in [0.1, 0.15) is 5.75 Å². The molecule has 132 valence electrons. The summed E-state index contributed by atoms with van der Waals surface area (Å²) in [6.45, 7) is 0. The molecule has 0 fully saturated rings. The van der Waals surface area contributed by atoms with E-state index in [0.29, 0.717) is 38.4 Å². The van der Waals surface area contributed by atoms with Crippen LogP contribution in [0.1, 0.15) is 10.4 Å². The third-order valence-corrected chi connectivity index (χ3v) is 4.11. The molecular weight excluding hydrogens is 373 g/mol. The van der Waals surface area contributed by atoms with Gasteiger partial charge in [-0.15, -0.1) is 0 Å². The Bertz CT molecular complexity index is 948. The summed E-state index contributed by atoms with van der Waals surface area (Å²) in [6.07, 6.45) is 3.09. The van der Waals surface area contributed by atoms with E-state index in [1.165, 1.54) is 6.20 Å². The van der Waals surface area contributed by atoms with Crippen molar-refractivity contribution in [3.8, 4) is 5.75 Å². The molecule has 0 aliphatic rings. The maximum Gasteiger partial charge on any atom is 0.257 e. The second-order valence-corrected chi connectivity index (χ2v) is 6.21. The maximum absolute atomic E-state index is 12.5. The normalized spacial score (nSPS) is 10.3. The van der Waals surface area contributed by atoms with Crippen LogP contribution in [0.5, 0.6) is 5.75 Å². The van der Waals surface area contributed by atoms with E-state index in [9.17, 15) is 4.79 Å². The van der Waals surface area contributed by atoms with Crippen LogP contribution in [-0.2, 0) is 0 Å². The van der Waals surface area contributed by atoms with Crippen molar-refractivity contribution in [2.75, 3.05) is 17.7 Å². The molecule has 0 aliphatic carbocycles. The number of anilines is 3. The molecule has 26 heavy (non-hydrogen) atoms. The lowest BCUT2D eigenvalue weighted by atomic mass is 10.2. The minimum Gasteiger partial charge on any atom is -0.495 e. The van der Waals surface area contributed by atoms with Crippen LogP contribution in [0.15, 0.2) is 60.9 Å². The number of hydrogen-bond acceptors (Lipinski definition) is 4. The molecular formula is C19H15Cl2N3O2. The van der Waals surface area contributed by atoms with E-state index in [-0.39, 0.29) is 5.91 Å². The van der Waals surface area contributed by atoms with E-state index in [1.54, 1.807) is 49.7 Å². The van der Waals surface area contributed by atoms with Gasteiger partial charge in [0.2, 0.25) is 0 Å². The molecule has 1 heterocycles. The van der Waals surface area contributed by atoms with Gasteiger partial charge in [0, 0.05) is 11.2 Å². The SMILES string of the molecule is COc1ccccc1NC(=O)c1cncc(Nc2ccc(Cl)cc2Cl)c1. The number of aromatic nitrogens is 1. The quantitative estimate of drug-likeness (QED) is 0.615. The van der Waals surface area contributed by atoms with E-state index in [4.69, 9.17) is 27.9 Å². The van der Waals surface area contributed by atoms with Crippen LogP contribution in [0.3, 0.4) is 0 Å². The Kier molecular flexibility index (Phi) is 5.61. The van der Waals surface area contributed by atoms with Crippen molar-refractivity contribution in [2.45, 2.75) is 0 Å². The number of amides is 1. The molecule has 1 aromatic heterocycles. The maximum atomic E-state index is 12.5. The van der Waals surface area contributed by atoms with Crippen molar-refractivity contribution in [2.24, 2.45) is 0 Å². The van der Waals surface area contributed by atoms with Crippen LogP contribution in [0, 0.1) is 0 Å². The molecule has 2 aromatic carbocycles. The predicted molar refractivity (Wildman–Crippen MR) is 105 cm³/mol. The van der Waals surface area contributed by atoms with Crippen molar-refractivity contribution in [3.63, 3.8) is 0 Å². The summed E-state index contributed by atoms with van der Waals surface area (Å²) < 4.78 is 5.24. The van der Waals surface area contributed by atoms with Crippen molar-refractivity contribution < 1.29 is 9.53 Å². The van der Waals surface area contributed by atoms with E-state index in [0.717, 1.165) is 0 Å². The van der Waals surface area contributed by atoms with E-state index >= 15 is 0 Å². The molecule has 0 unspecified atom stereocenters. The summed E-state index contributed by atoms with van der Waals surface area (Å²) in [5, 5.41) is 6.95. The average molecular weight is 388 g/mol. The van der Waals surface area contributed by atoms with Gasteiger partial charge in [0.05, 0.1) is 41.0 Å². The van der Waals surface area contributed by atoms with Crippen molar-refractivity contribution >= 4 is 46.2 Å². The Labute approximate surface area is 160 Å².